The van der Waals surface area contributed by atoms with E-state index in [0.717, 1.165) is 31.1 Å². The summed E-state index contributed by atoms with van der Waals surface area (Å²) in [5, 5.41) is 7.34. The highest BCUT2D eigenvalue weighted by Gasteiger charge is 2.19. The van der Waals surface area contributed by atoms with Crippen molar-refractivity contribution < 1.29 is 44.3 Å². The van der Waals surface area contributed by atoms with Crippen molar-refractivity contribution >= 4 is 61.2 Å². The fourth-order valence-corrected chi connectivity index (χ4v) is 7.22. The van der Waals surface area contributed by atoms with E-state index in [0.29, 0.717) is 33.1 Å². The van der Waals surface area contributed by atoms with Crippen molar-refractivity contribution in [1.29, 1.82) is 0 Å². The SMILES string of the molecule is O=C(CCCC[n+]1ccccc1)Sc1ccccc1C(=O)Nc1ccc(S(=O)(=O)c2ccc(NC(=O)c3cccs3)cc2)cc1.[Br-]. The van der Waals surface area contributed by atoms with Crippen LogP contribution in [0.25, 0.3) is 0 Å². The Morgan fingerprint density at radius 2 is 1.30 bits per heavy atom. The number of sulfone groups is 1. The molecule has 5 rings (SSSR count). The first-order valence-electron chi connectivity index (χ1n) is 14.1. The van der Waals surface area contributed by atoms with E-state index in [1.165, 1.54) is 59.9 Å². The third-order valence-corrected chi connectivity index (χ3v) is 10.4. The van der Waals surface area contributed by atoms with Gasteiger partial charge in [-0.1, -0.05) is 36.0 Å². The number of halogens is 1. The summed E-state index contributed by atoms with van der Waals surface area (Å²) in [4.78, 5) is 39.3. The fraction of sp³-hybridized carbons (Fsp3) is 0.118. The summed E-state index contributed by atoms with van der Waals surface area (Å²) < 4.78 is 28.5. The number of anilines is 2. The van der Waals surface area contributed by atoms with Crippen molar-refractivity contribution in [3.63, 3.8) is 0 Å². The first kappa shape index (κ1) is 34.8. The number of carbonyl (C=O) groups excluding carboxylic acids is 3. The Kier molecular flexibility index (Phi) is 12.4. The minimum atomic E-state index is -3.84. The van der Waals surface area contributed by atoms with Gasteiger partial charge >= 0.3 is 0 Å². The van der Waals surface area contributed by atoms with Crippen molar-refractivity contribution in [3.8, 4) is 0 Å². The van der Waals surface area contributed by atoms with Crippen LogP contribution in [0.3, 0.4) is 0 Å². The second-order valence-corrected chi connectivity index (χ2v) is 14.0. The minimum absolute atomic E-state index is 0. The molecule has 0 saturated carbocycles. The van der Waals surface area contributed by atoms with Crippen LogP contribution >= 0.6 is 23.1 Å². The third kappa shape index (κ3) is 9.23. The minimum Gasteiger partial charge on any atom is -1.00 e. The molecule has 0 fully saturated rings. The van der Waals surface area contributed by atoms with Crippen LogP contribution in [0.2, 0.25) is 0 Å². The van der Waals surface area contributed by atoms with Crippen LogP contribution in [0, 0.1) is 0 Å². The molecule has 0 saturated heterocycles. The third-order valence-electron chi connectivity index (χ3n) is 6.77. The molecule has 5 aromatic rings. The number of carbonyl (C=O) groups is 3. The van der Waals surface area contributed by atoms with Crippen LogP contribution in [0.1, 0.15) is 39.3 Å². The smallest absolute Gasteiger partial charge is 0.265 e. The molecule has 0 atom stereocenters. The summed E-state index contributed by atoms with van der Waals surface area (Å²) in [6, 6.07) is 28.1. The number of aromatic nitrogens is 1. The van der Waals surface area contributed by atoms with E-state index in [9.17, 15) is 22.8 Å². The zero-order chi connectivity index (χ0) is 31.6. The Hall–Kier alpha value is -4.10. The van der Waals surface area contributed by atoms with Gasteiger partial charge in [-0.3, -0.25) is 14.4 Å². The zero-order valence-corrected chi connectivity index (χ0v) is 28.5. The van der Waals surface area contributed by atoms with Crippen LogP contribution in [0.5, 0.6) is 0 Å². The standard InChI is InChI=1S/C34H29N3O5S3.BrH/c38-32(12-4-7-23-37-21-5-1-6-22-37)44-30-10-3-2-9-29(30)33(39)35-25-13-17-27(18-14-25)45(41,42)28-19-15-26(16-20-28)36-34(40)31-11-8-24-43-31;/h1-3,5-6,8-11,13-22,24H,4,7,12,23H2,(H-,35,36,39,40);1H. The molecule has 0 aliphatic rings. The quantitative estimate of drug-likeness (QED) is 0.114. The van der Waals surface area contributed by atoms with Crippen molar-refractivity contribution in [2.45, 2.75) is 40.5 Å². The number of aryl methyl sites for hydroxylation is 1. The van der Waals surface area contributed by atoms with Gasteiger partial charge in [0.1, 0.15) is 6.54 Å². The molecule has 0 aliphatic carbocycles. The average Bonchev–Trinajstić information content (AvgIpc) is 3.60. The van der Waals surface area contributed by atoms with E-state index in [2.05, 4.69) is 15.2 Å². The predicted molar refractivity (Wildman–Crippen MR) is 176 cm³/mol. The fourth-order valence-electron chi connectivity index (χ4n) is 4.43. The van der Waals surface area contributed by atoms with Crippen LogP contribution < -0.4 is 32.2 Å². The van der Waals surface area contributed by atoms with Gasteiger partial charge in [0.15, 0.2) is 17.5 Å². The highest BCUT2D eigenvalue weighted by molar-refractivity contribution is 8.13. The lowest BCUT2D eigenvalue weighted by atomic mass is 10.2. The molecule has 8 nitrogen and oxygen atoms in total. The van der Waals surface area contributed by atoms with Gasteiger partial charge in [0, 0.05) is 41.2 Å². The molecular formula is C34H30BrN3O5S3. The summed E-state index contributed by atoms with van der Waals surface area (Å²) in [5.41, 5.74) is 1.25. The maximum absolute atomic E-state index is 13.2. The van der Waals surface area contributed by atoms with Crippen LogP contribution in [0.15, 0.2) is 136 Å². The molecule has 0 unspecified atom stereocenters. The molecular weight excluding hydrogens is 706 g/mol. The van der Waals surface area contributed by atoms with Crippen LogP contribution in [-0.4, -0.2) is 25.3 Å². The van der Waals surface area contributed by atoms with E-state index in [1.807, 2.05) is 30.6 Å². The lowest BCUT2D eigenvalue weighted by Crippen LogP contribution is -3.00. The largest absolute Gasteiger partial charge is 1.00 e. The number of nitrogens with zero attached hydrogens (tertiary/aromatic N) is 1. The monoisotopic (exact) mass is 735 g/mol. The number of thioether (sulfide) groups is 1. The van der Waals surface area contributed by atoms with Gasteiger partial charge < -0.3 is 27.6 Å². The van der Waals surface area contributed by atoms with E-state index in [4.69, 9.17) is 0 Å². The number of pyridine rings is 1. The van der Waals surface area contributed by atoms with Crippen LogP contribution in [0.4, 0.5) is 11.4 Å². The van der Waals surface area contributed by atoms with Gasteiger partial charge in [-0.2, -0.15) is 0 Å². The number of nitrogens with one attached hydrogen (secondary N) is 2. The Balaban J connectivity index is 0.00000480. The number of hydrogen-bond acceptors (Lipinski definition) is 7. The lowest BCUT2D eigenvalue weighted by Gasteiger charge is -2.11. The molecule has 0 aliphatic heterocycles. The number of rotatable bonds is 12. The summed E-state index contributed by atoms with van der Waals surface area (Å²) in [6.07, 6.45) is 6.00. The Morgan fingerprint density at radius 3 is 1.91 bits per heavy atom. The Bertz CT molecular complexity index is 1880. The highest BCUT2D eigenvalue weighted by atomic mass is 79.9. The molecule has 0 spiro atoms. The lowest BCUT2D eigenvalue weighted by molar-refractivity contribution is -0.697. The number of thiophene rings is 1. The predicted octanol–water partition coefficient (Wildman–Crippen LogP) is 3.87. The second kappa shape index (κ2) is 16.5. The number of unbranched alkanes of at least 4 members (excludes halogenated alkanes) is 1. The first-order valence-corrected chi connectivity index (χ1v) is 17.3. The topological polar surface area (TPSA) is 113 Å². The van der Waals surface area contributed by atoms with Crippen LogP contribution in [-0.2, 0) is 21.2 Å². The summed E-state index contributed by atoms with van der Waals surface area (Å²) in [6.45, 7) is 0.833. The van der Waals surface area contributed by atoms with Crippen molar-refractivity contribution in [2.24, 2.45) is 0 Å². The molecule has 2 heterocycles. The molecule has 2 amide bonds. The number of amides is 2. The normalized spacial score (nSPS) is 10.9. The highest BCUT2D eigenvalue weighted by Crippen LogP contribution is 2.27. The molecule has 2 aromatic heterocycles. The van der Waals surface area contributed by atoms with Crippen molar-refractivity contribution in [3.05, 3.63) is 131 Å². The maximum Gasteiger partial charge on any atom is 0.265 e. The molecule has 12 heteroatoms. The Labute approximate surface area is 286 Å². The van der Waals surface area contributed by atoms with E-state index >= 15 is 0 Å². The maximum atomic E-state index is 13.2. The molecule has 46 heavy (non-hydrogen) atoms. The van der Waals surface area contributed by atoms with Gasteiger partial charge in [0.05, 0.1) is 20.2 Å². The first-order chi connectivity index (χ1) is 21.8. The zero-order valence-electron chi connectivity index (χ0n) is 24.5. The summed E-state index contributed by atoms with van der Waals surface area (Å²) >= 11 is 2.37. The molecule has 0 bridgehead atoms. The van der Waals surface area contributed by atoms with Crippen molar-refractivity contribution in [1.82, 2.24) is 0 Å². The van der Waals surface area contributed by atoms with E-state index in [1.54, 1.807) is 41.8 Å². The van der Waals surface area contributed by atoms with Gasteiger partial charge in [-0.05, 0) is 78.5 Å². The second-order valence-electron chi connectivity index (χ2n) is 9.98. The van der Waals surface area contributed by atoms with Gasteiger partial charge in [0.25, 0.3) is 11.8 Å². The Morgan fingerprint density at radius 1 is 0.696 bits per heavy atom. The van der Waals surface area contributed by atoms with Crippen molar-refractivity contribution in [2.75, 3.05) is 10.6 Å². The van der Waals surface area contributed by atoms with E-state index in [-0.39, 0.29) is 37.8 Å². The van der Waals surface area contributed by atoms with Gasteiger partial charge in [-0.25, -0.2) is 13.0 Å². The molecule has 236 valence electrons. The summed E-state index contributed by atoms with van der Waals surface area (Å²) in [7, 11) is -3.84. The van der Waals surface area contributed by atoms with Gasteiger partial charge in [-0.15, -0.1) is 11.3 Å². The van der Waals surface area contributed by atoms with Gasteiger partial charge in [0.2, 0.25) is 9.84 Å². The molecule has 3 aromatic carbocycles. The molecule has 0 radical (unpaired) electrons. The van der Waals surface area contributed by atoms with E-state index < -0.39 is 15.7 Å². The summed E-state index contributed by atoms with van der Waals surface area (Å²) in [5.74, 6) is -0.665. The molecule has 2 N–H and O–H groups in total. The number of benzene rings is 3. The number of hydrogen-bond donors (Lipinski definition) is 2. The average molecular weight is 737 g/mol.